The predicted octanol–water partition coefficient (Wildman–Crippen LogP) is -0.670. The molecule has 0 aromatic rings. The van der Waals surface area contributed by atoms with Crippen LogP contribution in [0.5, 0.6) is 0 Å². The summed E-state index contributed by atoms with van der Waals surface area (Å²) < 4.78 is 28.1. The van der Waals surface area contributed by atoms with Gasteiger partial charge in [0.15, 0.2) is 0 Å². The van der Waals surface area contributed by atoms with Gasteiger partial charge in [0.05, 0.1) is 13.4 Å². The molecule has 14 heavy (non-hydrogen) atoms. The van der Waals surface area contributed by atoms with Crippen LogP contribution in [0.1, 0.15) is 0 Å². The monoisotopic (exact) mass is 222 g/mol. The number of rotatable bonds is 1. The number of nitrogens with zero attached hydrogens (tertiary/aromatic N) is 2. The molecule has 1 saturated heterocycles. The zero-order chi connectivity index (χ0) is 10.8. The minimum Gasteiger partial charge on any atom is -0.453 e. The Morgan fingerprint density at radius 3 is 2.07 bits per heavy atom. The molecule has 0 radical (unpaired) electrons. The zero-order valence-electron chi connectivity index (χ0n) is 8.26. The zero-order valence-corrected chi connectivity index (χ0v) is 9.08. The molecule has 0 unspecified atom stereocenters. The molecule has 1 aliphatic heterocycles. The summed E-state index contributed by atoms with van der Waals surface area (Å²) in [6, 6.07) is 0. The second-order valence-electron chi connectivity index (χ2n) is 3.12. The van der Waals surface area contributed by atoms with E-state index in [1.54, 1.807) is 0 Å². The maximum atomic E-state index is 11.1. The van der Waals surface area contributed by atoms with E-state index in [9.17, 15) is 13.2 Å². The second-order valence-corrected chi connectivity index (χ2v) is 5.10. The summed E-state index contributed by atoms with van der Waals surface area (Å²) in [5.74, 6) is 0. The number of ether oxygens (including phenoxy) is 1. The Kier molecular flexibility index (Phi) is 3.33. The molecule has 6 nitrogen and oxygen atoms in total. The van der Waals surface area contributed by atoms with Crippen LogP contribution in [-0.4, -0.2) is 63.3 Å². The first-order valence-electron chi connectivity index (χ1n) is 4.23. The van der Waals surface area contributed by atoms with Gasteiger partial charge in [0, 0.05) is 26.2 Å². The molecular weight excluding hydrogens is 208 g/mol. The van der Waals surface area contributed by atoms with Crippen LogP contribution in [-0.2, 0) is 14.8 Å². The van der Waals surface area contributed by atoms with Gasteiger partial charge in [-0.2, -0.15) is 4.31 Å². The number of carbonyl (C=O) groups excluding carboxylic acids is 1. The fourth-order valence-corrected chi connectivity index (χ4v) is 2.16. The van der Waals surface area contributed by atoms with Crippen LogP contribution in [0.15, 0.2) is 0 Å². The minimum absolute atomic E-state index is 0.341. The largest absolute Gasteiger partial charge is 0.453 e. The van der Waals surface area contributed by atoms with Crippen molar-refractivity contribution in [3.63, 3.8) is 0 Å². The van der Waals surface area contributed by atoms with Crippen molar-refractivity contribution in [1.29, 1.82) is 0 Å². The molecule has 0 aromatic carbocycles. The highest BCUT2D eigenvalue weighted by molar-refractivity contribution is 7.88. The molecule has 0 aromatic heterocycles. The quantitative estimate of drug-likeness (QED) is 0.590. The van der Waals surface area contributed by atoms with Crippen LogP contribution in [0, 0.1) is 0 Å². The number of sulfonamides is 1. The van der Waals surface area contributed by atoms with Gasteiger partial charge < -0.3 is 9.64 Å². The van der Waals surface area contributed by atoms with Crippen molar-refractivity contribution in [2.24, 2.45) is 0 Å². The van der Waals surface area contributed by atoms with Crippen molar-refractivity contribution < 1.29 is 17.9 Å². The van der Waals surface area contributed by atoms with E-state index in [2.05, 4.69) is 4.74 Å². The number of hydrogen-bond acceptors (Lipinski definition) is 4. The maximum absolute atomic E-state index is 11.1. The van der Waals surface area contributed by atoms with E-state index in [4.69, 9.17) is 0 Å². The Bertz CT molecular complexity index is 306. The second kappa shape index (κ2) is 4.14. The van der Waals surface area contributed by atoms with Gasteiger partial charge in [0.1, 0.15) is 0 Å². The first-order chi connectivity index (χ1) is 6.45. The summed E-state index contributed by atoms with van der Waals surface area (Å²) in [6.07, 6.45) is 0.763. The Hall–Kier alpha value is -0.820. The van der Waals surface area contributed by atoms with E-state index in [1.165, 1.54) is 22.6 Å². The average Bonchev–Trinajstić information content (AvgIpc) is 2.15. The molecule has 82 valence electrons. The molecule has 1 rings (SSSR count). The lowest BCUT2D eigenvalue weighted by molar-refractivity contribution is 0.108. The summed E-state index contributed by atoms with van der Waals surface area (Å²) >= 11 is 0. The minimum atomic E-state index is -3.13. The number of amides is 1. The van der Waals surface area contributed by atoms with Gasteiger partial charge in [-0.25, -0.2) is 13.2 Å². The van der Waals surface area contributed by atoms with Crippen LogP contribution in [0.3, 0.4) is 0 Å². The third-order valence-electron chi connectivity index (χ3n) is 2.14. The van der Waals surface area contributed by atoms with E-state index in [1.807, 2.05) is 0 Å². The molecule has 0 N–H and O–H groups in total. The molecule has 1 fully saturated rings. The number of carbonyl (C=O) groups is 1. The van der Waals surface area contributed by atoms with Gasteiger partial charge in [-0.1, -0.05) is 0 Å². The molecule has 1 amide bonds. The van der Waals surface area contributed by atoms with Crippen molar-refractivity contribution in [2.75, 3.05) is 39.5 Å². The van der Waals surface area contributed by atoms with Crippen molar-refractivity contribution in [3.05, 3.63) is 0 Å². The highest BCUT2D eigenvalue weighted by atomic mass is 32.2. The standard InChI is InChI=1S/C7H14N2O4S/c1-13-7(10)8-3-5-9(6-4-8)14(2,11)12/h3-6H2,1-2H3. The van der Waals surface area contributed by atoms with Crippen LogP contribution < -0.4 is 0 Å². The molecule has 1 aliphatic rings. The predicted molar refractivity (Wildman–Crippen MR) is 50.4 cm³/mol. The first-order valence-corrected chi connectivity index (χ1v) is 6.08. The van der Waals surface area contributed by atoms with E-state index >= 15 is 0 Å². The van der Waals surface area contributed by atoms with Gasteiger partial charge in [-0.3, -0.25) is 0 Å². The van der Waals surface area contributed by atoms with Crippen molar-refractivity contribution in [3.8, 4) is 0 Å². The van der Waals surface area contributed by atoms with Gasteiger partial charge in [0.25, 0.3) is 0 Å². The number of piperazine rings is 1. The number of methoxy groups -OCH3 is 1. The van der Waals surface area contributed by atoms with Gasteiger partial charge in [0.2, 0.25) is 10.0 Å². The molecule has 0 aliphatic carbocycles. The van der Waals surface area contributed by atoms with Crippen molar-refractivity contribution in [2.45, 2.75) is 0 Å². The van der Waals surface area contributed by atoms with Crippen LogP contribution >= 0.6 is 0 Å². The summed E-state index contributed by atoms with van der Waals surface area (Å²) in [6.45, 7) is 1.46. The molecule has 0 saturated carbocycles. The average molecular weight is 222 g/mol. The van der Waals surface area contributed by atoms with Gasteiger partial charge in [-0.15, -0.1) is 0 Å². The Labute approximate surface area is 83.5 Å². The molecular formula is C7H14N2O4S. The molecule has 0 atom stereocenters. The molecule has 1 heterocycles. The van der Waals surface area contributed by atoms with E-state index in [0.29, 0.717) is 26.2 Å². The van der Waals surface area contributed by atoms with Gasteiger partial charge in [-0.05, 0) is 0 Å². The third kappa shape index (κ3) is 2.58. The Morgan fingerprint density at radius 2 is 1.71 bits per heavy atom. The van der Waals surface area contributed by atoms with E-state index < -0.39 is 16.1 Å². The summed E-state index contributed by atoms with van der Waals surface area (Å²) in [5, 5.41) is 0. The van der Waals surface area contributed by atoms with Crippen molar-refractivity contribution >= 4 is 16.1 Å². The SMILES string of the molecule is COC(=O)N1CCN(S(C)(=O)=O)CC1. The fraction of sp³-hybridized carbons (Fsp3) is 0.857. The Balaban J connectivity index is 2.51. The lowest BCUT2D eigenvalue weighted by Crippen LogP contribution is -2.50. The van der Waals surface area contributed by atoms with Crippen LogP contribution in [0.25, 0.3) is 0 Å². The molecule has 7 heteroatoms. The Morgan fingerprint density at radius 1 is 1.21 bits per heavy atom. The fourth-order valence-electron chi connectivity index (χ4n) is 1.33. The van der Waals surface area contributed by atoms with E-state index in [-0.39, 0.29) is 0 Å². The van der Waals surface area contributed by atoms with Crippen LogP contribution in [0.2, 0.25) is 0 Å². The van der Waals surface area contributed by atoms with E-state index in [0.717, 1.165) is 0 Å². The molecule has 0 bridgehead atoms. The van der Waals surface area contributed by atoms with Gasteiger partial charge >= 0.3 is 6.09 Å². The highest BCUT2D eigenvalue weighted by Gasteiger charge is 2.26. The lowest BCUT2D eigenvalue weighted by atomic mass is 10.4. The molecule has 0 spiro atoms. The number of hydrogen-bond donors (Lipinski definition) is 0. The first kappa shape index (κ1) is 11.3. The normalized spacial score (nSPS) is 19.4. The van der Waals surface area contributed by atoms with Crippen molar-refractivity contribution in [1.82, 2.24) is 9.21 Å². The third-order valence-corrected chi connectivity index (χ3v) is 3.44. The smallest absolute Gasteiger partial charge is 0.409 e. The maximum Gasteiger partial charge on any atom is 0.409 e. The lowest BCUT2D eigenvalue weighted by Gasteiger charge is -2.32. The highest BCUT2D eigenvalue weighted by Crippen LogP contribution is 2.06. The summed E-state index contributed by atoms with van der Waals surface area (Å²) in [4.78, 5) is 12.5. The summed E-state index contributed by atoms with van der Waals surface area (Å²) in [7, 11) is -1.82. The summed E-state index contributed by atoms with van der Waals surface area (Å²) in [5.41, 5.74) is 0. The topological polar surface area (TPSA) is 66.9 Å². The van der Waals surface area contributed by atoms with Crippen LogP contribution in [0.4, 0.5) is 4.79 Å².